The van der Waals surface area contributed by atoms with Gasteiger partial charge in [-0.05, 0) is 47.4 Å². The van der Waals surface area contributed by atoms with Crippen LogP contribution in [0.25, 0.3) is 0 Å². The van der Waals surface area contributed by atoms with Gasteiger partial charge in [0.15, 0.2) is 0 Å². The van der Waals surface area contributed by atoms with Crippen LogP contribution in [-0.2, 0) is 10.2 Å². The Kier molecular flexibility index (Phi) is 4.94. The molecule has 2 aromatic rings. The van der Waals surface area contributed by atoms with Gasteiger partial charge in [0.25, 0.3) is 0 Å². The minimum absolute atomic E-state index is 0.00285. The maximum atomic E-state index is 12.4. The number of amides is 1. The standard InChI is InChI=1S/C22H26N2O2/c1-14-6-5-11-23-20(14)19(25)13-24-21(26)18-12-17(18)15-7-9-16(10-8-15)22(2,3)4/h5-11,17-18H,12-13H2,1-4H3,(H,24,26). The van der Waals surface area contributed by atoms with Gasteiger partial charge in [-0.15, -0.1) is 0 Å². The highest BCUT2D eigenvalue weighted by Crippen LogP contribution is 2.47. The Bertz CT molecular complexity index is 819. The van der Waals surface area contributed by atoms with Crippen molar-refractivity contribution in [3.63, 3.8) is 0 Å². The number of aryl methyl sites for hydroxylation is 1. The van der Waals surface area contributed by atoms with Gasteiger partial charge in [0.2, 0.25) is 11.7 Å². The van der Waals surface area contributed by atoms with Gasteiger partial charge in [0.05, 0.1) is 6.54 Å². The van der Waals surface area contributed by atoms with Crippen LogP contribution in [0, 0.1) is 12.8 Å². The van der Waals surface area contributed by atoms with Gasteiger partial charge >= 0.3 is 0 Å². The van der Waals surface area contributed by atoms with E-state index in [4.69, 9.17) is 0 Å². The average Bonchev–Trinajstić information content (AvgIpc) is 3.40. The molecule has 1 saturated carbocycles. The second-order valence-electron chi connectivity index (χ2n) is 8.13. The van der Waals surface area contributed by atoms with Crippen LogP contribution in [0.1, 0.15) is 60.3 Å². The normalized spacial score (nSPS) is 19.1. The summed E-state index contributed by atoms with van der Waals surface area (Å²) in [5.74, 6) is 0.0313. The zero-order valence-corrected chi connectivity index (χ0v) is 15.9. The first-order valence-corrected chi connectivity index (χ1v) is 9.10. The van der Waals surface area contributed by atoms with E-state index in [9.17, 15) is 9.59 Å². The molecular formula is C22H26N2O2. The quantitative estimate of drug-likeness (QED) is 0.835. The summed E-state index contributed by atoms with van der Waals surface area (Å²) in [4.78, 5) is 28.7. The number of hydrogen-bond donors (Lipinski definition) is 1. The van der Waals surface area contributed by atoms with Crippen LogP contribution in [0.2, 0.25) is 0 Å². The van der Waals surface area contributed by atoms with Gasteiger partial charge in [0, 0.05) is 12.1 Å². The molecule has 0 saturated heterocycles. The van der Waals surface area contributed by atoms with Crippen molar-refractivity contribution in [1.29, 1.82) is 0 Å². The molecule has 3 rings (SSSR count). The molecule has 1 aromatic heterocycles. The number of nitrogens with one attached hydrogen (secondary N) is 1. The van der Waals surface area contributed by atoms with Crippen LogP contribution in [0.3, 0.4) is 0 Å². The highest BCUT2D eigenvalue weighted by Gasteiger charge is 2.43. The second-order valence-corrected chi connectivity index (χ2v) is 8.13. The molecule has 0 spiro atoms. The predicted molar refractivity (Wildman–Crippen MR) is 102 cm³/mol. The minimum atomic E-state index is -0.150. The van der Waals surface area contributed by atoms with Crippen molar-refractivity contribution in [3.8, 4) is 0 Å². The van der Waals surface area contributed by atoms with E-state index in [1.165, 1.54) is 11.1 Å². The summed E-state index contributed by atoms with van der Waals surface area (Å²) in [6.07, 6.45) is 2.44. The number of aromatic nitrogens is 1. The second kappa shape index (κ2) is 7.02. The number of benzene rings is 1. The molecular weight excluding hydrogens is 324 g/mol. The number of nitrogens with zero attached hydrogens (tertiary/aromatic N) is 1. The lowest BCUT2D eigenvalue weighted by Gasteiger charge is -2.19. The van der Waals surface area contributed by atoms with Crippen LogP contribution < -0.4 is 5.32 Å². The summed E-state index contributed by atoms with van der Waals surface area (Å²) in [5, 5.41) is 2.78. The molecule has 26 heavy (non-hydrogen) atoms. The SMILES string of the molecule is Cc1cccnc1C(=O)CNC(=O)C1CC1c1ccc(C(C)(C)C)cc1. The zero-order chi connectivity index (χ0) is 18.9. The van der Waals surface area contributed by atoms with Crippen LogP contribution in [0.4, 0.5) is 0 Å². The minimum Gasteiger partial charge on any atom is -0.348 e. The molecule has 1 aromatic carbocycles. The molecule has 1 aliphatic carbocycles. The monoisotopic (exact) mass is 350 g/mol. The van der Waals surface area contributed by atoms with Gasteiger partial charge in [-0.3, -0.25) is 14.6 Å². The molecule has 4 nitrogen and oxygen atoms in total. The molecule has 0 bridgehead atoms. The summed E-state index contributed by atoms with van der Waals surface area (Å²) in [6, 6.07) is 12.2. The predicted octanol–water partition coefficient (Wildman–Crippen LogP) is 3.79. The van der Waals surface area contributed by atoms with E-state index in [2.05, 4.69) is 55.3 Å². The van der Waals surface area contributed by atoms with Gasteiger partial charge in [0.1, 0.15) is 5.69 Å². The molecule has 1 aliphatic rings. The molecule has 0 radical (unpaired) electrons. The van der Waals surface area contributed by atoms with Gasteiger partial charge < -0.3 is 5.32 Å². The Hall–Kier alpha value is -2.49. The third-order valence-corrected chi connectivity index (χ3v) is 5.03. The average molecular weight is 350 g/mol. The van der Waals surface area contributed by atoms with Crippen LogP contribution >= 0.6 is 0 Å². The number of Topliss-reactive ketones (excluding diaryl/α,β-unsaturated/α-hetero) is 1. The van der Waals surface area contributed by atoms with Crippen molar-refractivity contribution in [1.82, 2.24) is 10.3 Å². The van der Waals surface area contributed by atoms with E-state index in [1.807, 2.05) is 13.0 Å². The van der Waals surface area contributed by atoms with Crippen molar-refractivity contribution in [3.05, 3.63) is 65.0 Å². The lowest BCUT2D eigenvalue weighted by Crippen LogP contribution is -2.31. The van der Waals surface area contributed by atoms with Crippen molar-refractivity contribution < 1.29 is 9.59 Å². The van der Waals surface area contributed by atoms with Gasteiger partial charge in [-0.1, -0.05) is 51.1 Å². The molecule has 1 heterocycles. The third kappa shape index (κ3) is 4.01. The van der Waals surface area contributed by atoms with Crippen LogP contribution in [0.15, 0.2) is 42.6 Å². The van der Waals surface area contributed by atoms with Crippen molar-refractivity contribution in [2.75, 3.05) is 6.54 Å². The highest BCUT2D eigenvalue weighted by molar-refractivity contribution is 5.99. The molecule has 2 unspecified atom stereocenters. The smallest absolute Gasteiger partial charge is 0.224 e. The Morgan fingerprint density at radius 3 is 2.46 bits per heavy atom. The Morgan fingerprint density at radius 2 is 1.85 bits per heavy atom. The molecule has 136 valence electrons. The van der Waals surface area contributed by atoms with Crippen molar-refractivity contribution in [2.24, 2.45) is 5.92 Å². The Morgan fingerprint density at radius 1 is 1.15 bits per heavy atom. The lowest BCUT2D eigenvalue weighted by atomic mass is 9.86. The topological polar surface area (TPSA) is 59.1 Å². The number of carbonyl (C=O) groups excluding carboxylic acids is 2. The molecule has 2 atom stereocenters. The summed E-state index contributed by atoms with van der Waals surface area (Å²) >= 11 is 0. The van der Waals surface area contributed by atoms with E-state index < -0.39 is 0 Å². The summed E-state index contributed by atoms with van der Waals surface area (Å²) in [5.41, 5.74) is 3.88. The summed E-state index contributed by atoms with van der Waals surface area (Å²) in [7, 11) is 0. The number of hydrogen-bond acceptors (Lipinski definition) is 3. The van der Waals surface area contributed by atoms with Crippen molar-refractivity contribution >= 4 is 11.7 Å². The van der Waals surface area contributed by atoms with Crippen LogP contribution in [0.5, 0.6) is 0 Å². The summed E-state index contributed by atoms with van der Waals surface area (Å²) < 4.78 is 0. The summed E-state index contributed by atoms with van der Waals surface area (Å²) in [6.45, 7) is 8.42. The lowest BCUT2D eigenvalue weighted by molar-refractivity contribution is -0.122. The first-order valence-electron chi connectivity index (χ1n) is 9.10. The molecule has 1 amide bonds. The van der Waals surface area contributed by atoms with E-state index >= 15 is 0 Å². The molecule has 1 fully saturated rings. The zero-order valence-electron chi connectivity index (χ0n) is 15.9. The maximum Gasteiger partial charge on any atom is 0.224 e. The first kappa shape index (κ1) is 18.3. The third-order valence-electron chi connectivity index (χ3n) is 5.03. The molecule has 0 aliphatic heterocycles. The number of ketones is 1. The van der Waals surface area contributed by atoms with Crippen molar-refractivity contribution in [2.45, 2.75) is 45.4 Å². The fraction of sp³-hybridized carbons (Fsp3) is 0.409. The number of rotatable bonds is 5. The fourth-order valence-electron chi connectivity index (χ4n) is 3.24. The van der Waals surface area contributed by atoms with Crippen LogP contribution in [-0.4, -0.2) is 23.2 Å². The molecule has 1 N–H and O–H groups in total. The fourth-order valence-corrected chi connectivity index (χ4v) is 3.24. The highest BCUT2D eigenvalue weighted by atomic mass is 16.2. The van der Waals surface area contributed by atoms with E-state index in [1.54, 1.807) is 12.3 Å². The maximum absolute atomic E-state index is 12.4. The van der Waals surface area contributed by atoms with Gasteiger partial charge in [-0.2, -0.15) is 0 Å². The number of pyridine rings is 1. The van der Waals surface area contributed by atoms with Gasteiger partial charge in [-0.25, -0.2) is 0 Å². The Balaban J connectivity index is 1.54. The van der Waals surface area contributed by atoms with E-state index in [-0.39, 0.29) is 35.5 Å². The first-order chi connectivity index (χ1) is 12.3. The largest absolute Gasteiger partial charge is 0.348 e. The molecule has 4 heteroatoms. The number of carbonyl (C=O) groups is 2. The van der Waals surface area contributed by atoms with E-state index in [0.717, 1.165) is 12.0 Å². The van der Waals surface area contributed by atoms with E-state index in [0.29, 0.717) is 5.69 Å². The Labute approximate surface area is 155 Å².